The largest absolute Gasteiger partial charge is 0.493 e. The molecule has 0 amide bonds. The third-order valence-electron chi connectivity index (χ3n) is 8.38. The van der Waals surface area contributed by atoms with Gasteiger partial charge in [0.05, 0.1) is 39.7 Å². The number of benzene rings is 3. The van der Waals surface area contributed by atoms with Crippen LogP contribution in [-0.4, -0.2) is 42.7 Å². The number of alkyl halides is 3. The average Bonchev–Trinajstić information content (AvgIpc) is 3.27. The first-order valence-electron chi connectivity index (χ1n) is 13.8. The highest BCUT2D eigenvalue weighted by atomic mass is 32.2. The molecule has 1 N–H and O–H groups in total. The number of fused-ring (bicyclic) bond motifs is 1. The quantitative estimate of drug-likeness (QED) is 0.247. The number of anilines is 1. The minimum absolute atomic E-state index is 0.0536. The fourth-order valence-corrected chi connectivity index (χ4v) is 7.07. The molecular formula is C31H32F3N3O5S. The lowest BCUT2D eigenvalue weighted by molar-refractivity contribution is -0.146. The minimum Gasteiger partial charge on any atom is -0.493 e. The number of rotatable bonds is 8. The maximum Gasteiger partial charge on any atom is 0.416 e. The number of hydrogen-bond donors (Lipinski definition) is 1. The number of imidazole rings is 1. The van der Waals surface area contributed by atoms with Crippen molar-refractivity contribution in [1.29, 1.82) is 0 Å². The Morgan fingerprint density at radius 2 is 1.74 bits per heavy atom. The van der Waals surface area contributed by atoms with Crippen LogP contribution in [0.15, 0.2) is 71.6 Å². The van der Waals surface area contributed by atoms with E-state index >= 15 is 0 Å². The summed E-state index contributed by atoms with van der Waals surface area (Å²) in [5, 5.41) is 10.2. The van der Waals surface area contributed by atoms with Gasteiger partial charge < -0.3 is 14.4 Å². The lowest BCUT2D eigenvalue weighted by atomic mass is 9.69. The lowest BCUT2D eigenvalue weighted by Gasteiger charge is -2.36. The number of sulfonamides is 1. The predicted octanol–water partition coefficient (Wildman–Crippen LogP) is 6.39. The molecule has 0 bridgehead atoms. The molecule has 1 aliphatic carbocycles. The van der Waals surface area contributed by atoms with Crippen molar-refractivity contribution < 1.29 is 36.2 Å². The van der Waals surface area contributed by atoms with E-state index in [4.69, 9.17) is 4.74 Å². The van der Waals surface area contributed by atoms with Gasteiger partial charge in [-0.1, -0.05) is 18.6 Å². The van der Waals surface area contributed by atoms with E-state index in [2.05, 4.69) is 4.98 Å². The van der Waals surface area contributed by atoms with Crippen LogP contribution in [0.5, 0.6) is 5.75 Å². The van der Waals surface area contributed by atoms with Crippen LogP contribution in [0, 0.1) is 18.8 Å². The van der Waals surface area contributed by atoms with E-state index in [1.165, 1.54) is 23.5 Å². The molecule has 0 radical (unpaired) electrons. The smallest absolute Gasteiger partial charge is 0.416 e. The summed E-state index contributed by atoms with van der Waals surface area (Å²) >= 11 is 0. The normalized spacial score (nSPS) is 19.3. The van der Waals surface area contributed by atoms with Crippen molar-refractivity contribution in [2.75, 3.05) is 18.0 Å². The van der Waals surface area contributed by atoms with Crippen LogP contribution < -0.4 is 9.04 Å². The Morgan fingerprint density at radius 3 is 2.37 bits per heavy atom. The SMILES string of the molecule is Cc1nc2cc(S(=O)(=O)N(C)c3ccc([C@H]4CCC[C@@H](COc5ccc(C(F)(F)F)cc5)[C@@H]4C(=O)O)cc3)ccc2n1C. The molecule has 1 fully saturated rings. The molecule has 3 aromatic carbocycles. The third kappa shape index (κ3) is 6.06. The molecule has 1 saturated carbocycles. The first-order valence-corrected chi connectivity index (χ1v) is 15.3. The Kier molecular flexibility index (Phi) is 8.17. The highest BCUT2D eigenvalue weighted by Gasteiger charge is 2.40. The van der Waals surface area contributed by atoms with Gasteiger partial charge in [-0.05, 0) is 85.8 Å². The van der Waals surface area contributed by atoms with Gasteiger partial charge in [0.1, 0.15) is 11.6 Å². The van der Waals surface area contributed by atoms with Gasteiger partial charge in [0, 0.05) is 20.0 Å². The van der Waals surface area contributed by atoms with E-state index in [1.807, 2.05) is 18.5 Å². The zero-order chi connectivity index (χ0) is 31.1. The van der Waals surface area contributed by atoms with Crippen LogP contribution in [0.2, 0.25) is 0 Å². The monoisotopic (exact) mass is 615 g/mol. The summed E-state index contributed by atoms with van der Waals surface area (Å²) in [7, 11) is -0.562. The minimum atomic E-state index is -4.45. The van der Waals surface area contributed by atoms with Crippen LogP contribution >= 0.6 is 0 Å². The maximum absolute atomic E-state index is 13.4. The standard InChI is InChI=1S/C31H32F3N3O5S/c1-19-35-27-17-25(15-16-28(27)36(19)2)43(40,41)37(3)23-11-7-20(8-12-23)26-6-4-5-21(29(26)30(38)39)18-42-24-13-9-22(10-14-24)31(32,33)34/h7-17,21,26,29H,4-6,18H2,1-3H3,(H,38,39)/t21-,26+,29-/m0/s1. The topological polar surface area (TPSA) is 102 Å². The molecule has 1 aliphatic rings. The maximum atomic E-state index is 13.4. The second-order valence-electron chi connectivity index (χ2n) is 10.9. The lowest BCUT2D eigenvalue weighted by Crippen LogP contribution is -2.36. The molecule has 3 atom stereocenters. The van der Waals surface area contributed by atoms with E-state index in [-0.39, 0.29) is 29.1 Å². The second-order valence-corrected chi connectivity index (χ2v) is 12.9. The van der Waals surface area contributed by atoms with Gasteiger partial charge in [-0.15, -0.1) is 0 Å². The number of halogens is 3. The van der Waals surface area contributed by atoms with Crippen LogP contribution in [-0.2, 0) is 28.0 Å². The summed E-state index contributed by atoms with van der Waals surface area (Å²) in [6, 6.07) is 16.0. The number of ether oxygens (including phenoxy) is 1. The predicted molar refractivity (Wildman–Crippen MR) is 156 cm³/mol. The Bertz CT molecular complexity index is 1740. The summed E-state index contributed by atoms with van der Waals surface area (Å²) < 4.78 is 74.3. The van der Waals surface area contributed by atoms with Crippen molar-refractivity contribution >= 4 is 32.7 Å². The van der Waals surface area contributed by atoms with Crippen LogP contribution in [0.3, 0.4) is 0 Å². The van der Waals surface area contributed by atoms with Crippen LogP contribution in [0.1, 0.15) is 42.1 Å². The summed E-state index contributed by atoms with van der Waals surface area (Å²) in [6.07, 6.45) is -2.47. The van der Waals surface area contributed by atoms with Gasteiger partial charge in [0.15, 0.2) is 0 Å². The summed E-state index contributed by atoms with van der Waals surface area (Å²) in [5.74, 6) is -1.43. The van der Waals surface area contributed by atoms with E-state index in [1.54, 1.807) is 42.5 Å². The summed E-state index contributed by atoms with van der Waals surface area (Å²) in [4.78, 5) is 17.0. The van der Waals surface area contributed by atoms with Gasteiger partial charge in [-0.2, -0.15) is 13.2 Å². The molecule has 5 rings (SSSR count). The molecular weight excluding hydrogens is 583 g/mol. The zero-order valence-corrected chi connectivity index (χ0v) is 24.7. The molecule has 1 aromatic heterocycles. The molecule has 1 heterocycles. The molecule has 0 spiro atoms. The number of nitrogens with zero attached hydrogens (tertiary/aromatic N) is 3. The average molecular weight is 616 g/mol. The Balaban J connectivity index is 1.31. The molecule has 0 unspecified atom stereocenters. The molecule has 8 nitrogen and oxygen atoms in total. The van der Waals surface area contributed by atoms with Gasteiger partial charge >= 0.3 is 12.1 Å². The Hall–Kier alpha value is -4.06. The number of carbonyl (C=O) groups is 1. The fourth-order valence-electron chi connectivity index (χ4n) is 5.85. The molecule has 0 aliphatic heterocycles. The highest BCUT2D eigenvalue weighted by molar-refractivity contribution is 7.92. The molecule has 228 valence electrons. The van der Waals surface area contributed by atoms with Crippen molar-refractivity contribution in [3.05, 3.63) is 83.7 Å². The molecule has 0 saturated heterocycles. The van der Waals surface area contributed by atoms with Crippen molar-refractivity contribution in [2.45, 2.75) is 43.2 Å². The summed E-state index contributed by atoms with van der Waals surface area (Å²) in [5.41, 5.74) is 1.82. The van der Waals surface area contributed by atoms with Crippen LogP contribution in [0.25, 0.3) is 11.0 Å². The van der Waals surface area contributed by atoms with E-state index in [0.29, 0.717) is 24.0 Å². The number of aryl methyl sites for hydroxylation is 2. The van der Waals surface area contributed by atoms with Gasteiger partial charge in [0.2, 0.25) is 0 Å². The fraction of sp³-hybridized carbons (Fsp3) is 0.355. The van der Waals surface area contributed by atoms with Gasteiger partial charge in [-0.25, -0.2) is 13.4 Å². The van der Waals surface area contributed by atoms with Crippen molar-refractivity contribution in [1.82, 2.24) is 9.55 Å². The van der Waals surface area contributed by atoms with Crippen molar-refractivity contribution in [3.8, 4) is 5.75 Å². The molecule has 12 heteroatoms. The number of aromatic nitrogens is 2. The highest BCUT2D eigenvalue weighted by Crippen LogP contribution is 2.42. The van der Waals surface area contributed by atoms with Crippen LogP contribution in [0.4, 0.5) is 18.9 Å². The number of carboxylic acids is 1. The van der Waals surface area contributed by atoms with Gasteiger partial charge in [-0.3, -0.25) is 9.10 Å². The first kappa shape index (κ1) is 30.4. The Morgan fingerprint density at radius 1 is 1.07 bits per heavy atom. The first-order chi connectivity index (χ1) is 20.3. The van der Waals surface area contributed by atoms with Crippen molar-refractivity contribution in [3.63, 3.8) is 0 Å². The van der Waals surface area contributed by atoms with Gasteiger partial charge in [0.25, 0.3) is 10.0 Å². The van der Waals surface area contributed by atoms with E-state index < -0.39 is 33.7 Å². The number of aliphatic carboxylic acids is 1. The third-order valence-corrected chi connectivity index (χ3v) is 10.2. The number of carboxylic acid groups (broad SMARTS) is 1. The molecule has 43 heavy (non-hydrogen) atoms. The Labute approximate surface area is 247 Å². The van der Waals surface area contributed by atoms with E-state index in [0.717, 1.165) is 35.5 Å². The second kappa shape index (κ2) is 11.6. The summed E-state index contributed by atoms with van der Waals surface area (Å²) in [6.45, 7) is 1.90. The van der Waals surface area contributed by atoms with Crippen molar-refractivity contribution in [2.24, 2.45) is 18.9 Å². The zero-order valence-electron chi connectivity index (χ0n) is 23.9. The van der Waals surface area contributed by atoms with E-state index in [9.17, 15) is 31.5 Å². The molecule has 4 aromatic rings. The number of hydrogen-bond acceptors (Lipinski definition) is 5.